The van der Waals surface area contributed by atoms with Crippen LogP contribution in [0.1, 0.15) is 0 Å². The number of amidine groups is 1. The third-order valence-electron chi connectivity index (χ3n) is 0.522. The fourth-order valence-electron chi connectivity index (χ4n) is 0.272. The van der Waals surface area contributed by atoms with Crippen molar-refractivity contribution in [2.45, 2.75) is 0 Å². The Morgan fingerprint density at radius 2 is 2.67 bits per heavy atom. The van der Waals surface area contributed by atoms with E-state index in [4.69, 9.17) is 5.73 Å². The molecule has 3 heteroatoms. The van der Waals surface area contributed by atoms with Gasteiger partial charge >= 0.3 is 46.7 Å². The van der Waals surface area contributed by atoms with E-state index < -0.39 is 21.9 Å². The zero-order chi connectivity index (χ0) is 4.41. The molecule has 0 aromatic carbocycles. The normalized spacial score (nSPS) is 18.3. The fraction of sp³-hybridized carbons (Fsp3) is 0. The maximum absolute atomic E-state index is 5.24. The Bertz CT molecular complexity index is 103. The quantitative estimate of drug-likeness (QED) is 0.501. The van der Waals surface area contributed by atoms with E-state index in [2.05, 4.69) is 7.17 Å². The summed E-state index contributed by atoms with van der Waals surface area (Å²) in [6, 6.07) is 0. The van der Waals surface area contributed by atoms with Crippen LogP contribution >= 0.6 is 0 Å². The van der Waals surface area contributed by atoms with Crippen molar-refractivity contribution in [3.63, 3.8) is 0 Å². The summed E-state index contributed by atoms with van der Waals surface area (Å²) in [7, 11) is 0. The Morgan fingerprint density at radius 1 is 1.83 bits per heavy atom. The van der Waals surface area contributed by atoms with Crippen LogP contribution in [0, 0.1) is 0 Å². The van der Waals surface area contributed by atoms with Crippen LogP contribution in [0.2, 0.25) is 0 Å². The second kappa shape index (κ2) is 1.65. The molecule has 1 aliphatic heterocycles. The third-order valence-corrected chi connectivity index (χ3v) is 2.53. The summed E-state index contributed by atoms with van der Waals surface area (Å²) < 4.78 is 6.09. The van der Waals surface area contributed by atoms with Crippen molar-refractivity contribution in [2.24, 2.45) is 8.89 Å². The number of hydrogen-bond acceptors (Lipinski definition) is 2. The van der Waals surface area contributed by atoms with E-state index in [1.165, 1.54) is 0 Å². The Balaban J connectivity index is 2.68. The number of nitrogens with zero attached hydrogens (tertiary/aromatic N) is 1. The molecule has 0 saturated heterocycles. The first-order valence-corrected chi connectivity index (χ1v) is 4.57. The van der Waals surface area contributed by atoms with Gasteiger partial charge in [0, 0.05) is 0 Å². The van der Waals surface area contributed by atoms with E-state index >= 15 is 0 Å². The van der Waals surface area contributed by atoms with Crippen molar-refractivity contribution in [1.82, 2.24) is 0 Å². The summed E-state index contributed by atoms with van der Waals surface area (Å²) in [5.74, 6) is 0.724. The van der Waals surface area contributed by atoms with Gasteiger partial charge in [-0.25, -0.2) is 0 Å². The second-order valence-corrected chi connectivity index (χ2v) is 3.33. The van der Waals surface area contributed by atoms with Crippen LogP contribution in [0.5, 0.6) is 0 Å². The summed E-state index contributed by atoms with van der Waals surface area (Å²) in [4.78, 5) is 0. The van der Waals surface area contributed by atoms with Crippen molar-refractivity contribution in [1.29, 1.82) is 0 Å². The molecule has 2 N–H and O–H groups in total. The molecular weight excluding hydrogens is 186 g/mol. The van der Waals surface area contributed by atoms with Gasteiger partial charge in [0.25, 0.3) is 0 Å². The molecule has 0 aliphatic carbocycles. The van der Waals surface area contributed by atoms with Crippen molar-refractivity contribution >= 4 is 27.7 Å². The third kappa shape index (κ3) is 0.748. The predicted molar refractivity (Wildman–Crippen MR) is 27.9 cm³/mol. The Labute approximate surface area is 47.0 Å². The molecule has 0 bridgehead atoms. The van der Waals surface area contributed by atoms with Crippen LogP contribution in [0.3, 0.4) is 0 Å². The van der Waals surface area contributed by atoms with Crippen molar-refractivity contribution in [3.05, 3.63) is 10.1 Å². The molecule has 1 rings (SSSR count). The zero-order valence-electron chi connectivity index (χ0n) is 3.18. The molecule has 0 spiro atoms. The zero-order valence-corrected chi connectivity index (χ0v) is 6.03. The number of rotatable bonds is 0. The van der Waals surface area contributed by atoms with E-state index in [0.29, 0.717) is 0 Å². The predicted octanol–water partition coefficient (Wildman–Crippen LogP) is -0.778. The summed E-state index contributed by atoms with van der Waals surface area (Å²) in [6.07, 6.45) is 1.88. The topological polar surface area (TPSA) is 38.4 Å². The first-order chi connectivity index (χ1) is 2.89. The SMILES string of the molecule is NC1=[N][SbH][CH]=C1. The van der Waals surface area contributed by atoms with Crippen molar-refractivity contribution < 1.29 is 0 Å². The molecule has 2 nitrogen and oxygen atoms in total. The van der Waals surface area contributed by atoms with Gasteiger partial charge in [0.2, 0.25) is 0 Å². The van der Waals surface area contributed by atoms with Gasteiger partial charge in [-0.15, -0.1) is 0 Å². The number of nitrogens with two attached hydrogens (primary N) is 1. The molecular formula is C3H5N2Sb. The van der Waals surface area contributed by atoms with Crippen LogP contribution in [-0.4, -0.2) is 27.7 Å². The molecule has 32 valence electrons. The summed E-state index contributed by atoms with van der Waals surface area (Å²) in [5, 5.41) is 0. The molecule has 0 fully saturated rings. The summed E-state index contributed by atoms with van der Waals surface area (Å²) in [6.45, 7) is 0. The van der Waals surface area contributed by atoms with Crippen LogP contribution < -0.4 is 5.73 Å². The first kappa shape index (κ1) is 4.19. The Kier molecular flexibility index (Phi) is 1.15. The van der Waals surface area contributed by atoms with E-state index in [0.717, 1.165) is 5.84 Å². The molecule has 6 heavy (non-hydrogen) atoms. The molecule has 0 unspecified atom stereocenters. The number of hydrogen-bond donors (Lipinski definition) is 1. The van der Waals surface area contributed by atoms with Gasteiger partial charge < -0.3 is 0 Å². The van der Waals surface area contributed by atoms with Crippen molar-refractivity contribution in [3.8, 4) is 0 Å². The second-order valence-electron chi connectivity index (χ2n) is 0.999. The molecule has 0 atom stereocenters. The molecule has 0 radical (unpaired) electrons. The Hall–Kier alpha value is 0.0282. The minimum absolute atomic E-state index is 0.444. The molecule has 1 aliphatic rings. The van der Waals surface area contributed by atoms with Gasteiger partial charge in [-0.2, -0.15) is 0 Å². The Morgan fingerprint density at radius 3 is 2.83 bits per heavy atom. The average molecular weight is 191 g/mol. The van der Waals surface area contributed by atoms with Gasteiger partial charge in [0.1, 0.15) is 0 Å². The first-order valence-electron chi connectivity index (χ1n) is 1.65. The summed E-state index contributed by atoms with van der Waals surface area (Å²) in [5.41, 5.74) is 5.24. The average Bonchev–Trinajstić information content (AvgIpc) is 1.86. The minimum atomic E-state index is -0.444. The fourth-order valence-corrected chi connectivity index (χ4v) is 1.82. The van der Waals surface area contributed by atoms with E-state index in [1.807, 2.05) is 6.08 Å². The summed E-state index contributed by atoms with van der Waals surface area (Å²) >= 11 is -0.444. The van der Waals surface area contributed by atoms with Gasteiger partial charge in [-0.05, 0) is 0 Å². The van der Waals surface area contributed by atoms with Gasteiger partial charge in [-0.3, -0.25) is 0 Å². The molecule has 0 aromatic heterocycles. The molecule has 0 amide bonds. The van der Waals surface area contributed by atoms with Crippen molar-refractivity contribution in [2.75, 3.05) is 0 Å². The van der Waals surface area contributed by atoms with E-state index in [-0.39, 0.29) is 0 Å². The van der Waals surface area contributed by atoms with Gasteiger partial charge in [0.15, 0.2) is 0 Å². The van der Waals surface area contributed by atoms with Gasteiger partial charge in [0.05, 0.1) is 0 Å². The van der Waals surface area contributed by atoms with E-state index in [9.17, 15) is 0 Å². The molecule has 1 heterocycles. The van der Waals surface area contributed by atoms with Crippen LogP contribution in [0.4, 0.5) is 0 Å². The van der Waals surface area contributed by atoms with Crippen LogP contribution in [-0.2, 0) is 0 Å². The molecule has 0 saturated carbocycles. The monoisotopic (exact) mass is 190 g/mol. The van der Waals surface area contributed by atoms with Crippen LogP contribution in [0.15, 0.2) is 13.3 Å². The standard InChI is InChI=1S/C3H4N2.Sb.H/c1-2-3(4)5;;/h1-2H,(H2-,4,5);;/q-1;+1;. The van der Waals surface area contributed by atoms with Crippen LogP contribution in [0.25, 0.3) is 0 Å². The van der Waals surface area contributed by atoms with E-state index in [1.54, 1.807) is 0 Å². The maximum atomic E-state index is 5.24. The molecule has 0 aromatic rings. The van der Waals surface area contributed by atoms with Gasteiger partial charge in [-0.1, -0.05) is 0 Å².